The molecule has 23 heavy (non-hydrogen) atoms. The van der Waals surface area contributed by atoms with E-state index >= 15 is 0 Å². The van der Waals surface area contributed by atoms with E-state index in [1.807, 2.05) is 4.72 Å². The predicted molar refractivity (Wildman–Crippen MR) is 80.5 cm³/mol. The van der Waals surface area contributed by atoms with Crippen LogP contribution in [0.1, 0.15) is 11.3 Å². The number of anilines is 1. The minimum absolute atomic E-state index is 0.238. The van der Waals surface area contributed by atoms with E-state index in [-0.39, 0.29) is 11.3 Å². The van der Waals surface area contributed by atoms with Gasteiger partial charge in [0.2, 0.25) is 10.0 Å². The fraction of sp³-hybridized carbons (Fsp3) is 0.154. The summed E-state index contributed by atoms with van der Waals surface area (Å²) in [4.78, 5) is 26.2. The molecule has 0 aliphatic rings. The smallest absolute Gasteiger partial charge is 0.311 e. The molecule has 1 aromatic heterocycles. The van der Waals surface area contributed by atoms with Crippen LogP contribution in [-0.4, -0.2) is 24.2 Å². The van der Waals surface area contributed by atoms with E-state index < -0.39 is 32.8 Å². The van der Waals surface area contributed by atoms with Crippen LogP contribution >= 0.6 is 0 Å². The number of rotatable bonds is 3. The van der Waals surface area contributed by atoms with Gasteiger partial charge in [0.1, 0.15) is 11.9 Å². The molecule has 0 bridgehead atoms. The number of nitrogens with one attached hydrogen (secondary N) is 2. The Morgan fingerprint density at radius 3 is 2.48 bits per heavy atom. The number of aryl methyl sites for hydroxylation is 1. The topological polar surface area (TPSA) is 125 Å². The largest absolute Gasteiger partial charge is 0.333 e. The lowest BCUT2D eigenvalue weighted by Gasteiger charge is -2.11. The SMILES string of the molecule is Cc1cc(=O)n(-c2cc(NS(C)(=O)=O)c(C#N)cc2F)c(=O)[nH]1. The highest BCUT2D eigenvalue weighted by atomic mass is 32.2. The number of nitrogens with zero attached hydrogens (tertiary/aromatic N) is 2. The molecule has 2 aromatic rings. The Bertz CT molecular complexity index is 1020. The van der Waals surface area contributed by atoms with Crippen molar-refractivity contribution in [1.29, 1.82) is 5.26 Å². The second kappa shape index (κ2) is 5.69. The third-order valence-corrected chi connectivity index (χ3v) is 3.40. The van der Waals surface area contributed by atoms with Gasteiger partial charge in [0.15, 0.2) is 0 Å². The van der Waals surface area contributed by atoms with E-state index in [9.17, 15) is 22.4 Å². The Hall–Kier alpha value is -2.93. The molecule has 0 aliphatic heterocycles. The first kappa shape index (κ1) is 16.4. The van der Waals surface area contributed by atoms with Crippen molar-refractivity contribution in [2.45, 2.75) is 6.92 Å². The fourth-order valence-electron chi connectivity index (χ4n) is 1.95. The summed E-state index contributed by atoms with van der Waals surface area (Å²) >= 11 is 0. The highest BCUT2D eigenvalue weighted by molar-refractivity contribution is 7.92. The Kier molecular flexibility index (Phi) is 4.07. The summed E-state index contributed by atoms with van der Waals surface area (Å²) in [5.74, 6) is -1.02. The maximum absolute atomic E-state index is 14.2. The number of nitriles is 1. The second-order valence-electron chi connectivity index (χ2n) is 4.77. The first-order valence-corrected chi connectivity index (χ1v) is 8.06. The van der Waals surface area contributed by atoms with Gasteiger partial charge in [-0.15, -0.1) is 0 Å². The van der Waals surface area contributed by atoms with Crippen LogP contribution in [0.5, 0.6) is 0 Å². The molecule has 0 saturated carbocycles. The zero-order chi connectivity index (χ0) is 17.4. The molecule has 0 fully saturated rings. The molecule has 1 aromatic carbocycles. The minimum Gasteiger partial charge on any atom is -0.311 e. The van der Waals surface area contributed by atoms with Gasteiger partial charge in [-0.2, -0.15) is 5.26 Å². The van der Waals surface area contributed by atoms with Crippen molar-refractivity contribution in [3.8, 4) is 11.8 Å². The van der Waals surface area contributed by atoms with Crippen LogP contribution in [0.25, 0.3) is 5.69 Å². The number of aromatic amines is 1. The summed E-state index contributed by atoms with van der Waals surface area (Å²) < 4.78 is 39.4. The average Bonchev–Trinajstić information content (AvgIpc) is 2.39. The van der Waals surface area contributed by atoms with Gasteiger partial charge in [0.05, 0.1) is 23.2 Å². The lowest BCUT2D eigenvalue weighted by molar-refractivity contribution is 0.605. The Morgan fingerprint density at radius 2 is 1.96 bits per heavy atom. The van der Waals surface area contributed by atoms with E-state index in [0.29, 0.717) is 10.3 Å². The van der Waals surface area contributed by atoms with Gasteiger partial charge in [-0.25, -0.2) is 22.2 Å². The first-order valence-electron chi connectivity index (χ1n) is 6.17. The number of sulfonamides is 1. The van der Waals surface area contributed by atoms with Gasteiger partial charge in [-0.05, 0) is 19.1 Å². The predicted octanol–water partition coefficient (Wildman–Crippen LogP) is 0.217. The zero-order valence-corrected chi connectivity index (χ0v) is 12.9. The van der Waals surface area contributed by atoms with Crippen molar-refractivity contribution in [3.05, 3.63) is 56.1 Å². The molecule has 2 rings (SSSR count). The molecule has 0 spiro atoms. The quantitative estimate of drug-likeness (QED) is 0.828. The van der Waals surface area contributed by atoms with Crippen LogP contribution in [0.3, 0.4) is 0 Å². The van der Waals surface area contributed by atoms with Crippen molar-refractivity contribution >= 4 is 15.7 Å². The van der Waals surface area contributed by atoms with Crippen molar-refractivity contribution < 1.29 is 12.8 Å². The normalized spacial score (nSPS) is 11.0. The average molecular weight is 338 g/mol. The maximum Gasteiger partial charge on any atom is 0.333 e. The van der Waals surface area contributed by atoms with Crippen LogP contribution < -0.4 is 16.0 Å². The molecular formula is C13H11FN4O4S. The first-order chi connectivity index (χ1) is 10.6. The molecule has 0 amide bonds. The third-order valence-electron chi connectivity index (χ3n) is 2.81. The molecule has 10 heteroatoms. The summed E-state index contributed by atoms with van der Waals surface area (Å²) in [5.41, 5.74) is -2.38. The minimum atomic E-state index is -3.75. The van der Waals surface area contributed by atoms with E-state index in [1.165, 1.54) is 6.92 Å². The van der Waals surface area contributed by atoms with Gasteiger partial charge >= 0.3 is 5.69 Å². The monoisotopic (exact) mass is 338 g/mol. The Morgan fingerprint density at radius 1 is 1.30 bits per heavy atom. The van der Waals surface area contributed by atoms with Crippen LogP contribution in [0.4, 0.5) is 10.1 Å². The van der Waals surface area contributed by atoms with Gasteiger partial charge in [0.25, 0.3) is 5.56 Å². The lowest BCUT2D eigenvalue weighted by atomic mass is 10.1. The molecule has 0 atom stereocenters. The van der Waals surface area contributed by atoms with Crippen molar-refractivity contribution in [2.24, 2.45) is 0 Å². The summed E-state index contributed by atoms with van der Waals surface area (Å²) in [5, 5.41) is 8.96. The van der Waals surface area contributed by atoms with E-state index in [0.717, 1.165) is 24.5 Å². The van der Waals surface area contributed by atoms with Crippen molar-refractivity contribution in [2.75, 3.05) is 11.0 Å². The molecule has 8 nitrogen and oxygen atoms in total. The van der Waals surface area contributed by atoms with Crippen molar-refractivity contribution in [3.63, 3.8) is 0 Å². The van der Waals surface area contributed by atoms with Crippen LogP contribution in [-0.2, 0) is 10.0 Å². The van der Waals surface area contributed by atoms with E-state index in [4.69, 9.17) is 5.26 Å². The molecule has 0 radical (unpaired) electrons. The second-order valence-corrected chi connectivity index (χ2v) is 6.51. The molecule has 0 aliphatic carbocycles. The number of hydrogen-bond acceptors (Lipinski definition) is 5. The highest BCUT2D eigenvalue weighted by Gasteiger charge is 2.16. The maximum atomic E-state index is 14.2. The molecule has 1 heterocycles. The number of H-pyrrole nitrogens is 1. The van der Waals surface area contributed by atoms with Gasteiger partial charge < -0.3 is 4.98 Å². The molecule has 0 saturated heterocycles. The molecule has 0 unspecified atom stereocenters. The highest BCUT2D eigenvalue weighted by Crippen LogP contribution is 2.22. The zero-order valence-electron chi connectivity index (χ0n) is 12.0. The Labute approximate surface area is 129 Å². The standard InChI is InChI=1S/C13H11FN4O4S/c1-7-3-12(19)18(13(20)16-7)11-5-10(17-23(2,21)22)8(6-15)4-9(11)14/h3-5,17H,1-2H3,(H,16,20). The van der Waals surface area contributed by atoms with E-state index in [2.05, 4.69) is 4.98 Å². The number of hydrogen-bond donors (Lipinski definition) is 2. The summed E-state index contributed by atoms with van der Waals surface area (Å²) in [6.07, 6.45) is 0.849. The molecule has 120 valence electrons. The fourth-order valence-corrected chi connectivity index (χ4v) is 2.52. The summed E-state index contributed by atoms with van der Waals surface area (Å²) in [6.45, 7) is 1.49. The Balaban J connectivity index is 2.80. The molecular weight excluding hydrogens is 327 g/mol. The molecule has 2 N–H and O–H groups in total. The lowest BCUT2D eigenvalue weighted by Crippen LogP contribution is -2.34. The van der Waals surface area contributed by atoms with Crippen molar-refractivity contribution in [1.82, 2.24) is 9.55 Å². The van der Waals surface area contributed by atoms with Gasteiger partial charge in [0, 0.05) is 11.8 Å². The number of benzene rings is 1. The number of aromatic nitrogens is 2. The van der Waals surface area contributed by atoms with E-state index in [1.54, 1.807) is 6.07 Å². The number of halogens is 1. The third kappa shape index (κ3) is 3.46. The van der Waals surface area contributed by atoms with Crippen LogP contribution in [0.2, 0.25) is 0 Å². The summed E-state index contributed by atoms with van der Waals surface area (Å²) in [7, 11) is -3.75. The van der Waals surface area contributed by atoms with Gasteiger partial charge in [-0.1, -0.05) is 0 Å². The summed E-state index contributed by atoms with van der Waals surface area (Å²) in [6, 6.07) is 4.38. The van der Waals surface area contributed by atoms with Crippen LogP contribution in [0.15, 0.2) is 27.8 Å². The van der Waals surface area contributed by atoms with Gasteiger partial charge in [-0.3, -0.25) is 9.52 Å². The van der Waals surface area contributed by atoms with Crippen LogP contribution in [0, 0.1) is 24.1 Å².